The van der Waals surface area contributed by atoms with Crippen LogP contribution >= 0.6 is 0 Å². The zero-order valence-corrected chi connectivity index (χ0v) is 7.80. The van der Waals surface area contributed by atoms with Crippen LogP contribution < -0.4 is 0 Å². The Morgan fingerprint density at radius 2 is 2.00 bits per heavy atom. The van der Waals surface area contributed by atoms with E-state index in [1.807, 2.05) is 6.07 Å². The van der Waals surface area contributed by atoms with Gasteiger partial charge in [-0.25, -0.2) is 4.79 Å². The molecule has 1 aromatic rings. The average Bonchev–Trinajstić information content (AvgIpc) is 2.67. The topological polar surface area (TPSA) is 26.3 Å². The van der Waals surface area contributed by atoms with E-state index in [9.17, 15) is 4.79 Å². The lowest BCUT2D eigenvalue weighted by atomic mass is 9.81. The fourth-order valence-electron chi connectivity index (χ4n) is 3.31. The van der Waals surface area contributed by atoms with E-state index in [0.29, 0.717) is 6.61 Å². The molecule has 3 aliphatic rings. The second-order valence-electron chi connectivity index (χ2n) is 4.84. The van der Waals surface area contributed by atoms with Crippen LogP contribution in [0.4, 0.5) is 0 Å². The maximum Gasteiger partial charge on any atom is 0.338 e. The molecule has 1 aliphatic heterocycles. The molecule has 0 saturated carbocycles. The largest absolute Gasteiger partial charge is 0.461 e. The highest BCUT2D eigenvalue weighted by Gasteiger charge is 2.48. The molecule has 1 spiro atoms. The third-order valence-electron chi connectivity index (χ3n) is 3.93. The van der Waals surface area contributed by atoms with Gasteiger partial charge in [0.05, 0.1) is 12.2 Å². The molecule has 14 heavy (non-hydrogen) atoms. The number of esters is 1. The van der Waals surface area contributed by atoms with Crippen molar-refractivity contribution in [3.05, 3.63) is 34.4 Å². The van der Waals surface area contributed by atoms with Crippen LogP contribution in [0.5, 0.6) is 0 Å². The van der Waals surface area contributed by atoms with Crippen molar-refractivity contribution in [3.8, 4) is 0 Å². The maximum absolute atomic E-state index is 11.6. The number of carbonyl (C=O) groups is 1. The summed E-state index contributed by atoms with van der Waals surface area (Å²) in [5.74, 6) is -0.115. The van der Waals surface area contributed by atoms with Crippen molar-refractivity contribution < 1.29 is 9.53 Å². The molecule has 70 valence electrons. The first-order chi connectivity index (χ1) is 6.77. The molecule has 1 unspecified atom stereocenters. The molecule has 0 fully saturated rings. The number of hydrogen-bond acceptors (Lipinski definition) is 2. The quantitative estimate of drug-likeness (QED) is 0.574. The van der Waals surface area contributed by atoms with Crippen molar-refractivity contribution in [2.75, 3.05) is 6.61 Å². The Balaban J connectivity index is 2.14. The number of benzene rings is 1. The van der Waals surface area contributed by atoms with Gasteiger partial charge in [-0.1, -0.05) is 6.07 Å². The van der Waals surface area contributed by atoms with E-state index in [4.69, 9.17) is 4.74 Å². The molecule has 0 saturated heterocycles. The minimum Gasteiger partial charge on any atom is -0.461 e. The molecule has 1 atom stereocenters. The lowest BCUT2D eigenvalue weighted by Gasteiger charge is -2.23. The minimum absolute atomic E-state index is 0.115. The van der Waals surface area contributed by atoms with Gasteiger partial charge < -0.3 is 4.74 Å². The van der Waals surface area contributed by atoms with Crippen molar-refractivity contribution in [1.29, 1.82) is 0 Å². The predicted octanol–water partition coefficient (Wildman–Crippen LogP) is 1.50. The summed E-state index contributed by atoms with van der Waals surface area (Å²) in [6, 6.07) is 4.05. The minimum atomic E-state index is -0.115. The van der Waals surface area contributed by atoms with Crippen molar-refractivity contribution in [1.82, 2.24) is 0 Å². The Labute approximate surface area is 81.9 Å². The Morgan fingerprint density at radius 3 is 2.93 bits per heavy atom. The number of rotatable bonds is 0. The van der Waals surface area contributed by atoms with Crippen LogP contribution in [-0.4, -0.2) is 12.6 Å². The van der Waals surface area contributed by atoms with Crippen molar-refractivity contribution in [2.24, 2.45) is 5.41 Å². The third kappa shape index (κ3) is 0.606. The lowest BCUT2D eigenvalue weighted by Crippen LogP contribution is -2.27. The van der Waals surface area contributed by atoms with E-state index in [2.05, 4.69) is 6.07 Å². The molecule has 0 radical (unpaired) electrons. The number of ether oxygens (including phenoxy) is 1. The highest BCUT2D eigenvalue weighted by atomic mass is 16.5. The van der Waals surface area contributed by atoms with E-state index in [-0.39, 0.29) is 11.4 Å². The standard InChI is InChI=1S/C12H10O2/c13-11-8-2-1-7-3-12(6-14-11)4-9(7)10(8)5-12/h1-2H,3-6H2. The molecular weight excluding hydrogens is 176 g/mol. The fraction of sp³-hybridized carbons (Fsp3) is 0.417. The van der Waals surface area contributed by atoms with Gasteiger partial charge in [0.1, 0.15) is 0 Å². The highest BCUT2D eigenvalue weighted by molar-refractivity contribution is 5.93. The van der Waals surface area contributed by atoms with Crippen molar-refractivity contribution >= 4 is 5.97 Å². The van der Waals surface area contributed by atoms with Crippen LogP contribution in [-0.2, 0) is 24.0 Å². The molecule has 4 rings (SSSR count). The molecule has 0 aromatic heterocycles. The maximum atomic E-state index is 11.6. The van der Waals surface area contributed by atoms with E-state index in [1.54, 1.807) is 0 Å². The third-order valence-corrected chi connectivity index (χ3v) is 3.93. The molecule has 0 amide bonds. The van der Waals surface area contributed by atoms with E-state index < -0.39 is 0 Å². The first-order valence-electron chi connectivity index (χ1n) is 5.08. The average molecular weight is 186 g/mol. The second-order valence-corrected chi connectivity index (χ2v) is 4.84. The van der Waals surface area contributed by atoms with E-state index in [1.165, 1.54) is 16.7 Å². The fourth-order valence-corrected chi connectivity index (χ4v) is 3.31. The monoisotopic (exact) mass is 186 g/mol. The van der Waals surface area contributed by atoms with Crippen LogP contribution in [0.25, 0.3) is 0 Å². The summed E-state index contributed by atoms with van der Waals surface area (Å²) in [7, 11) is 0. The van der Waals surface area contributed by atoms with Gasteiger partial charge in [-0.15, -0.1) is 0 Å². The van der Waals surface area contributed by atoms with Gasteiger partial charge in [0.25, 0.3) is 0 Å². The van der Waals surface area contributed by atoms with Crippen LogP contribution in [0.2, 0.25) is 0 Å². The van der Waals surface area contributed by atoms with Crippen molar-refractivity contribution in [3.63, 3.8) is 0 Å². The molecule has 2 heteroatoms. The molecule has 2 aliphatic carbocycles. The zero-order valence-electron chi connectivity index (χ0n) is 7.80. The van der Waals surface area contributed by atoms with Gasteiger partial charge in [-0.2, -0.15) is 0 Å². The Hall–Kier alpha value is -1.31. The second kappa shape index (κ2) is 1.88. The lowest BCUT2D eigenvalue weighted by molar-refractivity contribution is 0.0339. The smallest absolute Gasteiger partial charge is 0.338 e. The molecule has 1 heterocycles. The number of cyclic esters (lactones) is 1. The normalized spacial score (nSPS) is 30.7. The highest BCUT2D eigenvalue weighted by Crippen LogP contribution is 2.50. The summed E-state index contributed by atoms with van der Waals surface area (Å²) in [6.07, 6.45) is 3.32. The number of hydrogen-bond donors (Lipinski definition) is 0. The summed E-state index contributed by atoms with van der Waals surface area (Å²) >= 11 is 0. The molecule has 1 aromatic carbocycles. The van der Waals surface area contributed by atoms with Gasteiger partial charge in [-0.3, -0.25) is 0 Å². The molecular formula is C12H10O2. The van der Waals surface area contributed by atoms with Gasteiger partial charge in [0.15, 0.2) is 0 Å². The summed E-state index contributed by atoms with van der Waals surface area (Å²) in [6.45, 7) is 0.619. The van der Waals surface area contributed by atoms with Crippen LogP contribution in [0.1, 0.15) is 27.0 Å². The Morgan fingerprint density at radius 1 is 1.14 bits per heavy atom. The first-order valence-corrected chi connectivity index (χ1v) is 5.08. The molecule has 0 N–H and O–H groups in total. The van der Waals surface area contributed by atoms with Crippen molar-refractivity contribution in [2.45, 2.75) is 19.3 Å². The van der Waals surface area contributed by atoms with Crippen LogP contribution in [0.15, 0.2) is 12.1 Å². The van der Waals surface area contributed by atoms with E-state index >= 15 is 0 Å². The van der Waals surface area contributed by atoms with Crippen LogP contribution in [0.3, 0.4) is 0 Å². The van der Waals surface area contributed by atoms with E-state index in [0.717, 1.165) is 24.8 Å². The number of carbonyl (C=O) groups excluding carboxylic acids is 1. The summed E-state index contributed by atoms with van der Waals surface area (Å²) in [5, 5.41) is 0. The SMILES string of the molecule is O=C1OCC23Cc4ccc1c(c4C2)C3. The van der Waals surface area contributed by atoms with Gasteiger partial charge in [0, 0.05) is 5.41 Å². The van der Waals surface area contributed by atoms with Gasteiger partial charge in [0.2, 0.25) is 0 Å². The van der Waals surface area contributed by atoms with Gasteiger partial charge in [-0.05, 0) is 42.0 Å². The Kier molecular flexibility index (Phi) is 0.944. The van der Waals surface area contributed by atoms with Crippen LogP contribution in [0, 0.1) is 5.41 Å². The summed E-state index contributed by atoms with van der Waals surface area (Å²) in [4.78, 5) is 11.6. The molecule has 2 nitrogen and oxygen atoms in total. The Bertz CT molecular complexity index is 475. The van der Waals surface area contributed by atoms with Gasteiger partial charge >= 0.3 is 5.97 Å². The predicted molar refractivity (Wildman–Crippen MR) is 50.3 cm³/mol. The molecule has 3 bridgehead atoms. The summed E-state index contributed by atoms with van der Waals surface area (Å²) in [5.41, 5.74) is 5.27. The first kappa shape index (κ1) is 7.04. The zero-order chi connectivity index (χ0) is 9.34. The summed E-state index contributed by atoms with van der Waals surface area (Å²) < 4.78 is 5.31.